The number of phenols is 1. The highest BCUT2D eigenvalue weighted by Gasteiger charge is 2.16. The summed E-state index contributed by atoms with van der Waals surface area (Å²) in [6.45, 7) is 0. The van der Waals surface area contributed by atoms with E-state index in [1.807, 2.05) is 0 Å². The van der Waals surface area contributed by atoms with E-state index in [0.29, 0.717) is 22.2 Å². The average molecular weight is 295 g/mol. The Kier molecular flexibility index (Phi) is 4.46. The molecule has 0 bridgehead atoms. The van der Waals surface area contributed by atoms with Gasteiger partial charge in [0.15, 0.2) is 16.7 Å². The van der Waals surface area contributed by atoms with Gasteiger partial charge in [-0.1, -0.05) is 11.8 Å². The summed E-state index contributed by atoms with van der Waals surface area (Å²) < 4.78 is 10.1. The lowest BCUT2D eigenvalue weighted by Crippen LogP contribution is -2.19. The predicted molar refractivity (Wildman–Crippen MR) is 76.8 cm³/mol. The molecule has 0 saturated carbocycles. The highest BCUT2D eigenvalue weighted by molar-refractivity contribution is 8.15. The monoisotopic (exact) mass is 295 g/mol. The van der Waals surface area contributed by atoms with Crippen LogP contribution in [0.15, 0.2) is 22.3 Å². The molecule has 1 heterocycles. The minimum Gasteiger partial charge on any atom is -0.504 e. The number of nitrogens with one attached hydrogen (secondary N) is 1. The van der Waals surface area contributed by atoms with E-state index in [1.54, 1.807) is 12.1 Å². The summed E-state index contributed by atoms with van der Waals surface area (Å²) in [5.41, 5.74) is 0.403. The van der Waals surface area contributed by atoms with Crippen LogP contribution in [0.4, 0.5) is 0 Å². The van der Waals surface area contributed by atoms with Gasteiger partial charge in [0.25, 0.3) is 0 Å². The van der Waals surface area contributed by atoms with Gasteiger partial charge in [-0.2, -0.15) is 5.10 Å². The van der Waals surface area contributed by atoms with Crippen molar-refractivity contribution in [3.8, 4) is 17.2 Å². The van der Waals surface area contributed by atoms with Crippen molar-refractivity contribution in [3.05, 3.63) is 17.7 Å². The van der Waals surface area contributed by atoms with Gasteiger partial charge in [-0.3, -0.25) is 4.79 Å². The van der Waals surface area contributed by atoms with Crippen LogP contribution in [0.1, 0.15) is 5.56 Å². The smallest absolute Gasteiger partial charge is 0.236 e. The number of carbonyl (C=O) groups excluding carboxylic acids is 1. The number of benzene rings is 1. The number of phenolic OH excluding ortho intramolecular Hbond substituents is 1. The van der Waals surface area contributed by atoms with Gasteiger partial charge in [0.1, 0.15) is 5.75 Å². The van der Waals surface area contributed by atoms with Gasteiger partial charge < -0.3 is 19.9 Å². The van der Waals surface area contributed by atoms with Crippen molar-refractivity contribution in [3.63, 3.8) is 0 Å². The van der Waals surface area contributed by atoms with Crippen LogP contribution in [0.5, 0.6) is 17.2 Å². The molecule has 20 heavy (non-hydrogen) atoms. The minimum atomic E-state index is -0.102. The zero-order valence-corrected chi connectivity index (χ0v) is 11.7. The molecule has 1 aromatic carbocycles. The van der Waals surface area contributed by atoms with E-state index < -0.39 is 0 Å². The number of hydrogen-bond acceptors (Lipinski definition) is 7. The third-order valence-corrected chi connectivity index (χ3v) is 3.33. The molecule has 0 aliphatic carbocycles. The number of ether oxygens (including phenoxy) is 2. The summed E-state index contributed by atoms with van der Waals surface area (Å²) in [4.78, 5) is 11.0. The maximum absolute atomic E-state index is 11.0. The van der Waals surface area contributed by atoms with E-state index in [2.05, 4.69) is 15.5 Å². The number of carbonyl (C=O) groups is 1. The van der Waals surface area contributed by atoms with Gasteiger partial charge in [0.2, 0.25) is 5.91 Å². The average Bonchev–Trinajstić information content (AvgIpc) is 2.86. The van der Waals surface area contributed by atoms with E-state index in [9.17, 15) is 9.90 Å². The summed E-state index contributed by atoms with van der Waals surface area (Å²) >= 11 is 1.27. The fraction of sp³-hybridized carbons (Fsp3) is 0.250. The Labute approximate surface area is 119 Å². The first-order chi connectivity index (χ1) is 9.63. The van der Waals surface area contributed by atoms with E-state index in [4.69, 9.17) is 9.47 Å². The molecule has 0 aromatic heterocycles. The number of rotatable bonds is 4. The number of hydrogen-bond donors (Lipinski definition) is 2. The zero-order chi connectivity index (χ0) is 14.5. The topological polar surface area (TPSA) is 92.5 Å². The summed E-state index contributed by atoms with van der Waals surface area (Å²) in [5.74, 6) is 0.988. The van der Waals surface area contributed by atoms with Crippen molar-refractivity contribution in [1.29, 1.82) is 0 Å². The molecular weight excluding hydrogens is 282 g/mol. The Bertz CT molecular complexity index is 586. The van der Waals surface area contributed by atoms with E-state index >= 15 is 0 Å². The van der Waals surface area contributed by atoms with Crippen LogP contribution < -0.4 is 14.8 Å². The molecule has 8 heteroatoms. The Morgan fingerprint density at radius 3 is 2.80 bits per heavy atom. The summed E-state index contributed by atoms with van der Waals surface area (Å²) in [6.07, 6.45) is 1.36. The normalized spacial score (nSPS) is 16.7. The number of amidine groups is 1. The molecule has 1 aliphatic rings. The van der Waals surface area contributed by atoms with Crippen LogP contribution in [0.25, 0.3) is 0 Å². The number of methoxy groups -OCH3 is 2. The van der Waals surface area contributed by atoms with E-state index in [-0.39, 0.29) is 17.4 Å². The molecule has 0 atom stereocenters. The highest BCUT2D eigenvalue weighted by atomic mass is 32.2. The lowest BCUT2D eigenvalue weighted by atomic mass is 10.2. The second-order valence-corrected chi connectivity index (χ2v) is 4.72. The van der Waals surface area contributed by atoms with Crippen molar-refractivity contribution >= 4 is 29.1 Å². The minimum absolute atomic E-state index is 0.0552. The van der Waals surface area contributed by atoms with Gasteiger partial charge in [-0.15, -0.1) is 5.10 Å². The molecule has 2 N–H and O–H groups in total. The molecular formula is C12H13N3O4S. The molecule has 0 unspecified atom stereocenters. The Morgan fingerprint density at radius 1 is 1.40 bits per heavy atom. The molecule has 1 aliphatic heterocycles. The fourth-order valence-corrected chi connectivity index (χ4v) is 2.13. The van der Waals surface area contributed by atoms with Crippen LogP contribution in [0.2, 0.25) is 0 Å². The van der Waals surface area contributed by atoms with Crippen molar-refractivity contribution in [2.75, 3.05) is 20.0 Å². The summed E-state index contributed by atoms with van der Waals surface area (Å²) in [6, 6.07) is 3.16. The van der Waals surface area contributed by atoms with Gasteiger partial charge in [-0.25, -0.2) is 0 Å². The molecule has 106 valence electrons. The largest absolute Gasteiger partial charge is 0.504 e. The van der Waals surface area contributed by atoms with Gasteiger partial charge >= 0.3 is 0 Å². The third kappa shape index (κ3) is 3.21. The highest BCUT2D eigenvalue weighted by Crippen LogP contribution is 2.33. The molecule has 2 rings (SSSR count). The second kappa shape index (κ2) is 6.29. The summed E-state index contributed by atoms with van der Waals surface area (Å²) in [7, 11) is 2.96. The van der Waals surface area contributed by atoms with Crippen LogP contribution in [0, 0.1) is 0 Å². The molecule has 7 nitrogen and oxygen atoms in total. The van der Waals surface area contributed by atoms with Crippen molar-refractivity contribution < 1.29 is 19.4 Å². The number of amides is 1. The second-order valence-electron chi connectivity index (χ2n) is 3.75. The molecule has 0 radical (unpaired) electrons. The standard InChI is InChI=1S/C12H13N3O4S/c1-18-8-3-7(11(17)9(4-8)19-2)5-13-15-12-14-10(16)6-20-12/h3-5,17H,6H2,1-2H3,(H,14,15,16). The van der Waals surface area contributed by atoms with Gasteiger partial charge in [0.05, 0.1) is 26.2 Å². The molecule has 1 aromatic rings. The maximum Gasteiger partial charge on any atom is 0.236 e. The predicted octanol–water partition coefficient (Wildman–Crippen LogP) is 0.962. The molecule has 1 saturated heterocycles. The van der Waals surface area contributed by atoms with E-state index in [0.717, 1.165) is 0 Å². The van der Waals surface area contributed by atoms with Crippen LogP contribution >= 0.6 is 11.8 Å². The molecule has 1 fully saturated rings. The fourth-order valence-electron chi connectivity index (χ4n) is 1.50. The first-order valence-corrected chi connectivity index (χ1v) is 6.61. The Hall–Kier alpha value is -2.22. The third-order valence-electron chi connectivity index (χ3n) is 2.47. The molecule has 0 spiro atoms. The number of thioether (sulfide) groups is 1. The van der Waals surface area contributed by atoms with Crippen molar-refractivity contribution in [2.24, 2.45) is 10.2 Å². The Morgan fingerprint density at radius 2 is 2.20 bits per heavy atom. The SMILES string of the molecule is COc1cc(C=NN=C2NC(=O)CS2)c(O)c(OC)c1. The lowest BCUT2D eigenvalue weighted by Gasteiger charge is -2.08. The number of nitrogens with zero attached hydrogens (tertiary/aromatic N) is 2. The Balaban J connectivity index is 2.22. The van der Waals surface area contributed by atoms with Crippen molar-refractivity contribution in [2.45, 2.75) is 0 Å². The first-order valence-electron chi connectivity index (χ1n) is 5.62. The summed E-state index contributed by atoms with van der Waals surface area (Å²) in [5, 5.41) is 20.6. The first kappa shape index (κ1) is 14.2. The van der Waals surface area contributed by atoms with Gasteiger partial charge in [0, 0.05) is 11.6 Å². The lowest BCUT2D eigenvalue weighted by molar-refractivity contribution is -0.116. The number of aromatic hydroxyl groups is 1. The van der Waals surface area contributed by atoms with Crippen LogP contribution in [0.3, 0.4) is 0 Å². The van der Waals surface area contributed by atoms with E-state index in [1.165, 1.54) is 32.2 Å². The van der Waals surface area contributed by atoms with Crippen molar-refractivity contribution in [1.82, 2.24) is 5.32 Å². The van der Waals surface area contributed by atoms with Gasteiger partial charge in [-0.05, 0) is 6.07 Å². The zero-order valence-electron chi connectivity index (χ0n) is 10.9. The van der Waals surface area contributed by atoms with Crippen LogP contribution in [-0.4, -0.2) is 42.4 Å². The maximum atomic E-state index is 11.0. The van der Waals surface area contributed by atoms with Crippen LogP contribution in [-0.2, 0) is 4.79 Å². The molecule has 1 amide bonds. The quantitative estimate of drug-likeness (QED) is 0.637.